The molecule has 0 radical (unpaired) electrons. The van der Waals surface area contributed by atoms with Gasteiger partial charge in [-0.3, -0.25) is 14.6 Å². The van der Waals surface area contributed by atoms with E-state index in [-0.39, 0.29) is 17.7 Å². The maximum absolute atomic E-state index is 12.7. The Balaban J connectivity index is 1.37. The first-order chi connectivity index (χ1) is 12.7. The molecular weight excluding hydrogens is 326 g/mol. The maximum Gasteiger partial charge on any atom is 0.227 e. The van der Waals surface area contributed by atoms with Gasteiger partial charge in [0.2, 0.25) is 11.8 Å². The topological polar surface area (TPSA) is 62.3 Å². The first kappa shape index (κ1) is 17.0. The lowest BCUT2D eigenvalue weighted by atomic mass is 9.81. The van der Waals surface area contributed by atoms with Crippen LogP contribution in [0.2, 0.25) is 0 Å². The van der Waals surface area contributed by atoms with Crippen LogP contribution in [0.25, 0.3) is 10.9 Å². The molecule has 5 heteroatoms. The van der Waals surface area contributed by atoms with Gasteiger partial charge < -0.3 is 10.2 Å². The normalized spacial score (nSPS) is 23.2. The Morgan fingerprint density at radius 1 is 0.962 bits per heavy atom. The molecule has 26 heavy (non-hydrogen) atoms. The molecule has 1 aromatic heterocycles. The average molecular weight is 351 g/mol. The second-order valence-electron chi connectivity index (χ2n) is 7.45. The van der Waals surface area contributed by atoms with Crippen molar-refractivity contribution in [3.63, 3.8) is 0 Å². The van der Waals surface area contributed by atoms with Crippen molar-refractivity contribution < 1.29 is 9.59 Å². The van der Waals surface area contributed by atoms with Crippen molar-refractivity contribution in [2.24, 2.45) is 11.8 Å². The number of carbonyl (C=O) groups excluding carboxylic acids is 2. The summed E-state index contributed by atoms with van der Waals surface area (Å²) in [6.07, 6.45) is 7.21. The summed E-state index contributed by atoms with van der Waals surface area (Å²) in [5.74, 6) is 0.447. The molecule has 2 heterocycles. The van der Waals surface area contributed by atoms with Crippen LogP contribution in [0.15, 0.2) is 36.5 Å². The Kier molecular flexibility index (Phi) is 4.87. The van der Waals surface area contributed by atoms with Crippen LogP contribution < -0.4 is 5.32 Å². The SMILES string of the molecule is O=C(Nc1cccc2cccnc12)C1CCC(C(=O)N2CCCC2)CC1. The van der Waals surface area contributed by atoms with Crippen molar-refractivity contribution in [2.45, 2.75) is 38.5 Å². The number of nitrogens with one attached hydrogen (secondary N) is 1. The second kappa shape index (κ2) is 7.44. The molecular formula is C21H25N3O2. The van der Waals surface area contributed by atoms with Gasteiger partial charge in [0, 0.05) is 36.5 Å². The van der Waals surface area contributed by atoms with E-state index in [1.54, 1.807) is 6.20 Å². The minimum atomic E-state index is -0.0170. The molecule has 1 N–H and O–H groups in total. The number of rotatable bonds is 3. The molecule has 4 rings (SSSR count). The van der Waals surface area contributed by atoms with Gasteiger partial charge in [0.25, 0.3) is 0 Å². The van der Waals surface area contributed by atoms with E-state index in [1.165, 1.54) is 0 Å². The molecule has 136 valence electrons. The van der Waals surface area contributed by atoms with Gasteiger partial charge >= 0.3 is 0 Å². The number of hydrogen-bond acceptors (Lipinski definition) is 3. The number of carbonyl (C=O) groups is 2. The van der Waals surface area contributed by atoms with E-state index in [0.29, 0.717) is 5.91 Å². The van der Waals surface area contributed by atoms with Gasteiger partial charge in [-0.2, -0.15) is 0 Å². The fraction of sp³-hybridized carbons (Fsp3) is 0.476. The predicted octanol–water partition coefficient (Wildman–Crippen LogP) is 3.60. The van der Waals surface area contributed by atoms with Crippen LogP contribution in [0.5, 0.6) is 0 Å². The standard InChI is InChI=1S/C21H25N3O2/c25-20(23-18-7-3-5-15-6-4-12-22-19(15)18)16-8-10-17(11-9-16)21(26)24-13-1-2-14-24/h3-7,12,16-17H,1-2,8-11,13-14H2,(H,23,25). The monoisotopic (exact) mass is 351 g/mol. The van der Waals surface area contributed by atoms with Crippen LogP contribution in [-0.4, -0.2) is 34.8 Å². The number of likely N-dealkylation sites (tertiary alicyclic amines) is 1. The Labute approximate surface area is 153 Å². The summed E-state index contributed by atoms with van der Waals surface area (Å²) in [6.45, 7) is 1.82. The zero-order valence-corrected chi connectivity index (χ0v) is 15.0. The number of hydrogen-bond donors (Lipinski definition) is 1. The Morgan fingerprint density at radius 3 is 2.42 bits per heavy atom. The molecule has 2 fully saturated rings. The van der Waals surface area contributed by atoms with Crippen LogP contribution in [0.3, 0.4) is 0 Å². The minimum Gasteiger partial charge on any atom is -0.342 e. The smallest absolute Gasteiger partial charge is 0.227 e. The van der Waals surface area contributed by atoms with E-state index in [0.717, 1.165) is 68.2 Å². The zero-order valence-electron chi connectivity index (χ0n) is 15.0. The maximum atomic E-state index is 12.7. The lowest BCUT2D eigenvalue weighted by Gasteiger charge is -2.29. The molecule has 0 unspecified atom stereocenters. The molecule has 2 aliphatic rings. The summed E-state index contributed by atoms with van der Waals surface area (Å²) in [5, 5.41) is 4.08. The van der Waals surface area contributed by atoms with E-state index in [4.69, 9.17) is 0 Å². The Hall–Kier alpha value is -2.43. The van der Waals surface area contributed by atoms with Crippen LogP contribution in [0.4, 0.5) is 5.69 Å². The minimum absolute atomic E-state index is 0.0170. The van der Waals surface area contributed by atoms with Crippen molar-refractivity contribution in [1.82, 2.24) is 9.88 Å². The van der Waals surface area contributed by atoms with Gasteiger partial charge in [0.05, 0.1) is 11.2 Å². The number of anilines is 1. The lowest BCUT2D eigenvalue weighted by molar-refractivity contribution is -0.136. The summed E-state index contributed by atoms with van der Waals surface area (Å²) in [7, 11) is 0. The lowest BCUT2D eigenvalue weighted by Crippen LogP contribution is -2.37. The molecule has 2 amide bonds. The third-order valence-electron chi connectivity index (χ3n) is 5.76. The van der Waals surface area contributed by atoms with Gasteiger partial charge in [-0.25, -0.2) is 0 Å². The van der Waals surface area contributed by atoms with Crippen molar-refractivity contribution >= 4 is 28.4 Å². The van der Waals surface area contributed by atoms with Gasteiger partial charge in [-0.1, -0.05) is 18.2 Å². The molecule has 0 bridgehead atoms. The third-order valence-corrected chi connectivity index (χ3v) is 5.76. The van der Waals surface area contributed by atoms with Gasteiger partial charge in [-0.05, 0) is 50.7 Å². The number of amides is 2. The average Bonchev–Trinajstić information content (AvgIpc) is 3.23. The summed E-state index contributed by atoms with van der Waals surface area (Å²) in [6, 6.07) is 9.72. The number of para-hydroxylation sites is 1. The number of fused-ring (bicyclic) bond motifs is 1. The predicted molar refractivity (Wildman–Crippen MR) is 102 cm³/mol. The summed E-state index contributed by atoms with van der Waals surface area (Å²) in [4.78, 5) is 31.6. The molecule has 1 aliphatic carbocycles. The van der Waals surface area contributed by atoms with E-state index in [9.17, 15) is 9.59 Å². The quantitative estimate of drug-likeness (QED) is 0.919. The number of pyridine rings is 1. The van der Waals surface area contributed by atoms with Crippen LogP contribution >= 0.6 is 0 Å². The Morgan fingerprint density at radius 2 is 1.65 bits per heavy atom. The van der Waals surface area contributed by atoms with E-state index in [1.807, 2.05) is 35.2 Å². The number of nitrogens with zero attached hydrogens (tertiary/aromatic N) is 2. The highest BCUT2D eigenvalue weighted by Gasteiger charge is 2.33. The van der Waals surface area contributed by atoms with Crippen LogP contribution in [0.1, 0.15) is 38.5 Å². The zero-order chi connectivity index (χ0) is 17.9. The van der Waals surface area contributed by atoms with E-state index >= 15 is 0 Å². The van der Waals surface area contributed by atoms with Gasteiger partial charge in [0.1, 0.15) is 0 Å². The fourth-order valence-electron chi connectivity index (χ4n) is 4.24. The number of aromatic nitrogens is 1. The molecule has 2 aromatic rings. The first-order valence-corrected chi connectivity index (χ1v) is 9.66. The van der Waals surface area contributed by atoms with Crippen molar-refractivity contribution in [3.05, 3.63) is 36.5 Å². The summed E-state index contributed by atoms with van der Waals surface area (Å²) >= 11 is 0. The van der Waals surface area contributed by atoms with Crippen LogP contribution in [0, 0.1) is 11.8 Å². The summed E-state index contributed by atoms with van der Waals surface area (Å²) < 4.78 is 0. The van der Waals surface area contributed by atoms with E-state index < -0.39 is 0 Å². The second-order valence-corrected chi connectivity index (χ2v) is 7.45. The molecule has 1 saturated heterocycles. The third kappa shape index (κ3) is 3.43. The molecule has 0 spiro atoms. The molecule has 1 saturated carbocycles. The van der Waals surface area contributed by atoms with Crippen molar-refractivity contribution in [2.75, 3.05) is 18.4 Å². The fourth-order valence-corrected chi connectivity index (χ4v) is 4.24. The van der Waals surface area contributed by atoms with Crippen LogP contribution in [-0.2, 0) is 9.59 Å². The highest BCUT2D eigenvalue weighted by Crippen LogP contribution is 2.32. The molecule has 1 aromatic carbocycles. The highest BCUT2D eigenvalue weighted by atomic mass is 16.2. The van der Waals surface area contributed by atoms with Gasteiger partial charge in [-0.15, -0.1) is 0 Å². The molecule has 5 nitrogen and oxygen atoms in total. The number of benzene rings is 1. The summed E-state index contributed by atoms with van der Waals surface area (Å²) in [5.41, 5.74) is 1.59. The first-order valence-electron chi connectivity index (χ1n) is 9.66. The van der Waals surface area contributed by atoms with E-state index in [2.05, 4.69) is 10.3 Å². The molecule has 0 atom stereocenters. The van der Waals surface area contributed by atoms with Crippen molar-refractivity contribution in [1.29, 1.82) is 0 Å². The molecule has 1 aliphatic heterocycles. The van der Waals surface area contributed by atoms with Gasteiger partial charge in [0.15, 0.2) is 0 Å². The highest BCUT2D eigenvalue weighted by molar-refractivity contribution is 6.01. The largest absolute Gasteiger partial charge is 0.342 e. The van der Waals surface area contributed by atoms with Crippen molar-refractivity contribution in [3.8, 4) is 0 Å². The Bertz CT molecular complexity index is 801.